The fourth-order valence-corrected chi connectivity index (χ4v) is 3.31. The lowest BCUT2D eigenvalue weighted by Gasteiger charge is -2.10. The number of nitrogens with zero attached hydrogens (tertiary/aromatic N) is 2. The molecule has 0 bridgehead atoms. The maximum atomic E-state index is 11.2. The summed E-state index contributed by atoms with van der Waals surface area (Å²) in [5.41, 5.74) is 6.26. The number of fused-ring (bicyclic) bond motifs is 1. The summed E-state index contributed by atoms with van der Waals surface area (Å²) >= 11 is 12.3. The molecule has 0 saturated heterocycles. The molecule has 0 saturated carbocycles. The van der Waals surface area contributed by atoms with Gasteiger partial charge in [-0.25, -0.2) is 10.2 Å². The zero-order chi connectivity index (χ0) is 18.7. The molecule has 0 unspecified atom stereocenters. The van der Waals surface area contributed by atoms with Crippen LogP contribution in [-0.2, 0) is 11.3 Å². The van der Waals surface area contributed by atoms with Crippen molar-refractivity contribution < 1.29 is 9.53 Å². The Bertz CT molecular complexity index is 996. The molecule has 3 rings (SSSR count). The molecule has 5 nitrogen and oxygen atoms in total. The Hall–Kier alpha value is -2.50. The quantitative estimate of drug-likeness (QED) is 0.504. The lowest BCUT2D eigenvalue weighted by Crippen LogP contribution is -2.16. The summed E-state index contributed by atoms with van der Waals surface area (Å²) in [5.74, 6) is 0. The van der Waals surface area contributed by atoms with Gasteiger partial charge in [0.15, 0.2) is 0 Å². The van der Waals surface area contributed by atoms with Crippen molar-refractivity contribution in [1.82, 2.24) is 9.99 Å². The van der Waals surface area contributed by atoms with Crippen molar-refractivity contribution in [1.29, 1.82) is 0 Å². The minimum Gasteiger partial charge on any atom is -0.452 e. The third-order valence-electron chi connectivity index (χ3n) is 4.16. The van der Waals surface area contributed by atoms with Crippen LogP contribution < -0.4 is 5.43 Å². The summed E-state index contributed by atoms with van der Waals surface area (Å²) in [4.78, 5) is 11.2. The van der Waals surface area contributed by atoms with Crippen LogP contribution in [0.5, 0.6) is 0 Å². The van der Waals surface area contributed by atoms with Gasteiger partial charge in [0.25, 0.3) is 0 Å². The van der Waals surface area contributed by atoms with Crippen molar-refractivity contribution in [3.8, 4) is 0 Å². The Balaban J connectivity index is 2.03. The number of carbonyl (C=O) groups excluding carboxylic acids is 1. The van der Waals surface area contributed by atoms with Gasteiger partial charge in [-0.2, -0.15) is 5.10 Å². The standard InChI is InChI=1S/C19H17Cl2N3O2/c1-12-16(10-22-23-19(25)26-2)15-5-3-4-6-18(15)24(12)11-13-7-8-14(20)9-17(13)21/h3-10H,11H2,1-2H3,(H,23,25)/b22-10-. The summed E-state index contributed by atoms with van der Waals surface area (Å²) in [7, 11) is 1.29. The molecule has 0 aliphatic carbocycles. The second kappa shape index (κ2) is 7.81. The fourth-order valence-electron chi connectivity index (χ4n) is 2.84. The van der Waals surface area contributed by atoms with Crippen LogP contribution in [-0.4, -0.2) is 24.0 Å². The van der Waals surface area contributed by atoms with Crippen molar-refractivity contribution >= 4 is 46.4 Å². The second-order valence-electron chi connectivity index (χ2n) is 5.70. The maximum absolute atomic E-state index is 11.2. The van der Waals surface area contributed by atoms with E-state index in [1.54, 1.807) is 12.3 Å². The van der Waals surface area contributed by atoms with Crippen LogP contribution in [0.3, 0.4) is 0 Å². The number of hydrazone groups is 1. The number of amides is 1. The Labute approximate surface area is 161 Å². The molecule has 0 radical (unpaired) electrons. The van der Waals surface area contributed by atoms with E-state index in [0.717, 1.165) is 27.7 Å². The molecule has 0 spiro atoms. The zero-order valence-corrected chi connectivity index (χ0v) is 15.8. The Morgan fingerprint density at radius 2 is 2.04 bits per heavy atom. The summed E-state index contributed by atoms with van der Waals surface area (Å²) in [6.45, 7) is 2.60. The van der Waals surface area contributed by atoms with Crippen molar-refractivity contribution in [2.75, 3.05) is 7.11 Å². The van der Waals surface area contributed by atoms with Gasteiger partial charge in [-0.15, -0.1) is 0 Å². The summed E-state index contributed by atoms with van der Waals surface area (Å²) in [5, 5.41) is 6.23. The number of aromatic nitrogens is 1. The monoisotopic (exact) mass is 389 g/mol. The van der Waals surface area contributed by atoms with Gasteiger partial charge in [-0.1, -0.05) is 47.5 Å². The highest BCUT2D eigenvalue weighted by Gasteiger charge is 2.14. The van der Waals surface area contributed by atoms with Gasteiger partial charge in [0.05, 0.1) is 13.3 Å². The minimum atomic E-state index is -0.615. The molecule has 1 heterocycles. The first-order valence-corrected chi connectivity index (χ1v) is 8.65. The van der Waals surface area contributed by atoms with Gasteiger partial charge in [0, 0.05) is 38.8 Å². The molecular weight excluding hydrogens is 373 g/mol. The molecule has 0 atom stereocenters. The highest BCUT2D eigenvalue weighted by Crippen LogP contribution is 2.28. The summed E-state index contributed by atoms with van der Waals surface area (Å²) in [6.07, 6.45) is 1.00. The van der Waals surface area contributed by atoms with Crippen molar-refractivity contribution in [3.05, 3.63) is 69.3 Å². The normalized spacial score (nSPS) is 11.2. The van der Waals surface area contributed by atoms with Crippen molar-refractivity contribution in [3.63, 3.8) is 0 Å². The van der Waals surface area contributed by atoms with E-state index in [1.807, 2.05) is 43.3 Å². The molecule has 0 aliphatic heterocycles. The van der Waals surface area contributed by atoms with Crippen molar-refractivity contribution in [2.24, 2.45) is 5.10 Å². The first-order valence-electron chi connectivity index (χ1n) is 7.90. The first kappa shape index (κ1) is 18.3. The summed E-state index contributed by atoms with van der Waals surface area (Å²) in [6, 6.07) is 13.5. The molecule has 3 aromatic rings. The smallest absolute Gasteiger partial charge is 0.427 e. The number of benzene rings is 2. The van der Waals surface area contributed by atoms with Crippen LogP contribution in [0, 0.1) is 6.92 Å². The van der Waals surface area contributed by atoms with E-state index in [4.69, 9.17) is 23.2 Å². The predicted molar refractivity (Wildman–Crippen MR) is 105 cm³/mol. The van der Waals surface area contributed by atoms with Crippen LogP contribution >= 0.6 is 23.2 Å². The molecule has 2 aromatic carbocycles. The number of nitrogens with one attached hydrogen (secondary N) is 1. The van der Waals surface area contributed by atoms with Crippen LogP contribution in [0.1, 0.15) is 16.8 Å². The number of rotatable bonds is 4. The van der Waals surface area contributed by atoms with Crippen molar-refractivity contribution in [2.45, 2.75) is 13.5 Å². The highest BCUT2D eigenvalue weighted by atomic mass is 35.5. The number of halogens is 2. The van der Waals surface area contributed by atoms with Crippen LogP contribution in [0.15, 0.2) is 47.6 Å². The number of carbonyl (C=O) groups is 1. The number of para-hydroxylation sites is 1. The van der Waals surface area contributed by atoms with Gasteiger partial charge in [0.2, 0.25) is 0 Å². The molecule has 1 amide bonds. The number of hydrogen-bond donors (Lipinski definition) is 1. The lowest BCUT2D eigenvalue weighted by atomic mass is 10.1. The van der Waals surface area contributed by atoms with E-state index < -0.39 is 6.09 Å². The zero-order valence-electron chi connectivity index (χ0n) is 14.3. The molecular formula is C19H17Cl2N3O2. The van der Waals surface area contributed by atoms with E-state index in [0.29, 0.717) is 16.6 Å². The SMILES string of the molecule is COC(=O)N/N=C\c1c(C)n(Cc2ccc(Cl)cc2Cl)c2ccccc12. The van der Waals surface area contributed by atoms with Crippen LogP contribution in [0.25, 0.3) is 10.9 Å². The Kier molecular flexibility index (Phi) is 5.49. The van der Waals surface area contributed by atoms with Gasteiger partial charge < -0.3 is 9.30 Å². The third kappa shape index (κ3) is 3.69. The average Bonchev–Trinajstić information content (AvgIpc) is 2.89. The molecule has 134 valence electrons. The molecule has 7 heteroatoms. The van der Waals surface area contributed by atoms with E-state index in [2.05, 4.69) is 19.8 Å². The Morgan fingerprint density at radius 3 is 2.77 bits per heavy atom. The second-order valence-corrected chi connectivity index (χ2v) is 6.54. The fraction of sp³-hybridized carbons (Fsp3) is 0.158. The molecule has 1 aromatic heterocycles. The van der Waals surface area contributed by atoms with Crippen LogP contribution in [0.4, 0.5) is 4.79 Å². The minimum absolute atomic E-state index is 0.598. The van der Waals surface area contributed by atoms with E-state index in [-0.39, 0.29) is 0 Å². The number of methoxy groups -OCH3 is 1. The van der Waals surface area contributed by atoms with Gasteiger partial charge in [-0.05, 0) is 30.7 Å². The Morgan fingerprint density at radius 1 is 1.27 bits per heavy atom. The van der Waals surface area contributed by atoms with Gasteiger partial charge in [-0.3, -0.25) is 0 Å². The van der Waals surface area contributed by atoms with Crippen LogP contribution in [0.2, 0.25) is 10.0 Å². The third-order valence-corrected chi connectivity index (χ3v) is 4.75. The highest BCUT2D eigenvalue weighted by molar-refractivity contribution is 6.35. The largest absolute Gasteiger partial charge is 0.452 e. The maximum Gasteiger partial charge on any atom is 0.427 e. The molecule has 26 heavy (non-hydrogen) atoms. The lowest BCUT2D eigenvalue weighted by molar-refractivity contribution is 0.171. The van der Waals surface area contributed by atoms with E-state index in [9.17, 15) is 4.79 Å². The summed E-state index contributed by atoms with van der Waals surface area (Å²) < 4.78 is 6.68. The molecule has 1 N–H and O–H groups in total. The topological polar surface area (TPSA) is 55.6 Å². The number of ether oxygens (including phenoxy) is 1. The average molecular weight is 390 g/mol. The molecule has 0 aliphatic rings. The predicted octanol–water partition coefficient (Wildman–Crippen LogP) is 4.99. The first-order chi connectivity index (χ1) is 12.5. The number of hydrogen-bond acceptors (Lipinski definition) is 3. The van der Waals surface area contributed by atoms with E-state index >= 15 is 0 Å². The van der Waals surface area contributed by atoms with Gasteiger partial charge >= 0.3 is 6.09 Å². The molecule has 0 fully saturated rings. The van der Waals surface area contributed by atoms with E-state index in [1.165, 1.54) is 7.11 Å². The van der Waals surface area contributed by atoms with Gasteiger partial charge in [0.1, 0.15) is 0 Å².